The van der Waals surface area contributed by atoms with Crippen LogP contribution < -0.4 is 5.73 Å². The number of aliphatic hydroxyl groups is 1. The van der Waals surface area contributed by atoms with Crippen LogP contribution in [-0.4, -0.2) is 26.3 Å². The second-order valence-corrected chi connectivity index (χ2v) is 7.23. The van der Waals surface area contributed by atoms with Crippen LogP contribution in [0.3, 0.4) is 0 Å². The van der Waals surface area contributed by atoms with Crippen molar-refractivity contribution in [2.45, 2.75) is 31.3 Å². The predicted molar refractivity (Wildman–Crippen MR) is 108 cm³/mol. The van der Waals surface area contributed by atoms with Gasteiger partial charge in [-0.05, 0) is 62.1 Å². The number of anilines is 1. The first-order valence-corrected chi connectivity index (χ1v) is 9.45. The number of nitrogens with zero attached hydrogens (tertiary/aromatic N) is 2. The van der Waals surface area contributed by atoms with Crippen molar-refractivity contribution in [3.05, 3.63) is 77.2 Å². The fraction of sp³-hybridized carbons (Fsp3) is 0.217. The Morgan fingerprint density at radius 1 is 1.17 bits per heavy atom. The van der Waals surface area contributed by atoms with E-state index >= 15 is 0 Å². The smallest absolute Gasteiger partial charge is 0.198 e. The highest BCUT2D eigenvalue weighted by molar-refractivity contribution is 6.11. The van der Waals surface area contributed by atoms with Crippen molar-refractivity contribution in [2.75, 3.05) is 5.73 Å². The molecular formula is C23H20FN3O2. The Balaban J connectivity index is 1.61. The van der Waals surface area contributed by atoms with Gasteiger partial charge in [-0.25, -0.2) is 9.07 Å². The number of nitrogen functional groups attached to an aromatic ring is 1. The number of halogens is 1. The lowest BCUT2D eigenvalue weighted by atomic mass is 10.0. The van der Waals surface area contributed by atoms with Crippen LogP contribution in [0.5, 0.6) is 0 Å². The molecule has 3 N–H and O–H groups in total. The standard InChI is InChI=1S/C23H20FN3O2/c24-18-6-8-19(9-7-18)27-22(25)20(15-26-27)21(28)17-5-3-4-16(14-17)10-13-23(29)11-1-2-12-23/h3-9,14-15,29H,1-2,11-12,25H2. The normalized spacial score (nSPS) is 15.0. The summed E-state index contributed by atoms with van der Waals surface area (Å²) in [6, 6.07) is 12.6. The van der Waals surface area contributed by atoms with Crippen molar-refractivity contribution in [1.82, 2.24) is 9.78 Å². The van der Waals surface area contributed by atoms with Gasteiger partial charge in [0, 0.05) is 11.1 Å². The van der Waals surface area contributed by atoms with Gasteiger partial charge in [-0.2, -0.15) is 5.10 Å². The van der Waals surface area contributed by atoms with Crippen molar-refractivity contribution in [3.8, 4) is 17.5 Å². The molecule has 0 amide bonds. The molecule has 1 aliphatic rings. The third-order valence-electron chi connectivity index (χ3n) is 5.12. The highest BCUT2D eigenvalue weighted by Crippen LogP contribution is 2.28. The second kappa shape index (κ2) is 7.53. The van der Waals surface area contributed by atoms with Crippen molar-refractivity contribution in [3.63, 3.8) is 0 Å². The van der Waals surface area contributed by atoms with Crippen LogP contribution >= 0.6 is 0 Å². The largest absolute Gasteiger partial charge is 0.383 e. The van der Waals surface area contributed by atoms with E-state index in [4.69, 9.17) is 5.73 Å². The lowest BCUT2D eigenvalue weighted by Crippen LogP contribution is -2.20. The second-order valence-electron chi connectivity index (χ2n) is 7.23. The summed E-state index contributed by atoms with van der Waals surface area (Å²) in [5, 5.41) is 14.6. The van der Waals surface area contributed by atoms with Crippen molar-refractivity contribution < 1.29 is 14.3 Å². The van der Waals surface area contributed by atoms with Gasteiger partial charge in [0.25, 0.3) is 0 Å². The molecule has 1 aliphatic carbocycles. The summed E-state index contributed by atoms with van der Waals surface area (Å²) in [4.78, 5) is 13.0. The molecule has 0 spiro atoms. The fourth-order valence-corrected chi connectivity index (χ4v) is 3.49. The number of carbonyl (C=O) groups excluding carboxylic acids is 1. The number of hydrogen-bond acceptors (Lipinski definition) is 4. The molecule has 1 fully saturated rings. The van der Waals surface area contributed by atoms with E-state index in [1.54, 1.807) is 24.3 Å². The highest BCUT2D eigenvalue weighted by Gasteiger charge is 2.28. The molecule has 29 heavy (non-hydrogen) atoms. The van der Waals surface area contributed by atoms with Crippen LogP contribution in [-0.2, 0) is 0 Å². The van der Waals surface area contributed by atoms with Crippen molar-refractivity contribution in [1.29, 1.82) is 0 Å². The Bertz CT molecular complexity index is 1120. The molecule has 6 heteroatoms. The van der Waals surface area contributed by atoms with E-state index in [9.17, 15) is 14.3 Å². The van der Waals surface area contributed by atoms with Gasteiger partial charge >= 0.3 is 0 Å². The molecule has 0 bridgehead atoms. The molecule has 1 aromatic heterocycles. The number of rotatable bonds is 3. The summed E-state index contributed by atoms with van der Waals surface area (Å²) in [6.45, 7) is 0. The minimum Gasteiger partial charge on any atom is -0.383 e. The Morgan fingerprint density at radius 2 is 1.90 bits per heavy atom. The summed E-state index contributed by atoms with van der Waals surface area (Å²) in [5.41, 5.74) is 7.11. The average Bonchev–Trinajstić information content (AvgIpc) is 3.33. The van der Waals surface area contributed by atoms with Gasteiger partial charge in [-0.3, -0.25) is 4.79 Å². The molecule has 1 heterocycles. The molecule has 3 aromatic rings. The molecule has 0 unspecified atom stereocenters. The first-order chi connectivity index (χ1) is 14.0. The maximum absolute atomic E-state index is 13.1. The summed E-state index contributed by atoms with van der Waals surface area (Å²) < 4.78 is 14.5. The van der Waals surface area contributed by atoms with Gasteiger partial charge < -0.3 is 10.8 Å². The topological polar surface area (TPSA) is 81.1 Å². The third kappa shape index (κ3) is 3.91. The van der Waals surface area contributed by atoms with E-state index in [0.29, 0.717) is 29.7 Å². The molecule has 5 nitrogen and oxygen atoms in total. The van der Waals surface area contributed by atoms with Gasteiger partial charge in [-0.1, -0.05) is 24.0 Å². The van der Waals surface area contributed by atoms with E-state index in [2.05, 4.69) is 16.9 Å². The van der Waals surface area contributed by atoms with Crippen LogP contribution in [0.2, 0.25) is 0 Å². The number of ketones is 1. The minimum absolute atomic E-state index is 0.179. The van der Waals surface area contributed by atoms with Gasteiger partial charge in [0.15, 0.2) is 5.78 Å². The third-order valence-corrected chi connectivity index (χ3v) is 5.12. The number of benzene rings is 2. The zero-order valence-electron chi connectivity index (χ0n) is 15.7. The summed E-state index contributed by atoms with van der Waals surface area (Å²) >= 11 is 0. The zero-order chi connectivity index (χ0) is 20.4. The Hall–Kier alpha value is -3.43. The Labute approximate surface area is 168 Å². The quantitative estimate of drug-likeness (QED) is 0.531. The molecule has 0 aliphatic heterocycles. The van der Waals surface area contributed by atoms with E-state index in [0.717, 1.165) is 12.8 Å². The zero-order valence-corrected chi connectivity index (χ0v) is 15.7. The van der Waals surface area contributed by atoms with Crippen LogP contribution in [0.25, 0.3) is 5.69 Å². The highest BCUT2D eigenvalue weighted by atomic mass is 19.1. The maximum atomic E-state index is 13.1. The number of carbonyl (C=O) groups is 1. The molecular weight excluding hydrogens is 369 g/mol. The number of hydrogen-bond donors (Lipinski definition) is 2. The van der Waals surface area contributed by atoms with Crippen LogP contribution in [0.15, 0.2) is 54.7 Å². The number of nitrogens with two attached hydrogens (primary N) is 1. The van der Waals surface area contributed by atoms with E-state index in [1.165, 1.54) is 35.1 Å². The first kappa shape index (κ1) is 18.9. The van der Waals surface area contributed by atoms with E-state index < -0.39 is 5.60 Å². The summed E-state index contributed by atoms with van der Waals surface area (Å²) in [5.74, 6) is 5.46. The fourth-order valence-electron chi connectivity index (χ4n) is 3.49. The molecule has 146 valence electrons. The van der Waals surface area contributed by atoms with Crippen LogP contribution in [0, 0.1) is 17.7 Å². The van der Waals surface area contributed by atoms with E-state index in [1.807, 2.05) is 0 Å². The molecule has 4 rings (SSSR count). The minimum atomic E-state index is -0.930. The van der Waals surface area contributed by atoms with Crippen molar-refractivity contribution in [2.24, 2.45) is 0 Å². The van der Waals surface area contributed by atoms with Gasteiger partial charge in [0.05, 0.1) is 17.4 Å². The number of aromatic nitrogens is 2. The van der Waals surface area contributed by atoms with Gasteiger partial charge in [0.1, 0.15) is 17.2 Å². The Morgan fingerprint density at radius 3 is 2.62 bits per heavy atom. The lowest BCUT2D eigenvalue weighted by molar-refractivity contribution is 0.103. The summed E-state index contributed by atoms with van der Waals surface area (Å²) in [6.07, 6.45) is 4.71. The SMILES string of the molecule is Nc1c(C(=O)c2cccc(C#CC3(O)CCCC3)c2)cnn1-c1ccc(F)cc1. The van der Waals surface area contributed by atoms with Gasteiger partial charge in [-0.15, -0.1) is 0 Å². The van der Waals surface area contributed by atoms with Crippen LogP contribution in [0.1, 0.15) is 47.2 Å². The van der Waals surface area contributed by atoms with Gasteiger partial charge in [0.2, 0.25) is 0 Å². The van der Waals surface area contributed by atoms with Crippen molar-refractivity contribution >= 4 is 11.6 Å². The molecule has 0 saturated heterocycles. The summed E-state index contributed by atoms with van der Waals surface area (Å²) in [7, 11) is 0. The monoisotopic (exact) mass is 389 g/mol. The van der Waals surface area contributed by atoms with E-state index in [-0.39, 0.29) is 23.0 Å². The molecule has 2 aromatic carbocycles. The maximum Gasteiger partial charge on any atom is 0.198 e. The predicted octanol–water partition coefficient (Wildman–Crippen LogP) is 3.48. The average molecular weight is 389 g/mol. The first-order valence-electron chi connectivity index (χ1n) is 9.45. The molecule has 1 saturated carbocycles. The Kier molecular flexibility index (Phi) is 4.91. The van der Waals surface area contributed by atoms with Crippen LogP contribution in [0.4, 0.5) is 10.2 Å². The molecule has 0 atom stereocenters. The molecule has 0 radical (unpaired) electrons. The lowest BCUT2D eigenvalue weighted by Gasteiger charge is -2.12.